The number of para-hydroxylation sites is 1. The molecule has 0 saturated heterocycles. The Morgan fingerprint density at radius 3 is 2.13 bits per heavy atom. The second kappa shape index (κ2) is 7.93. The van der Waals surface area contributed by atoms with Crippen LogP contribution in [0.3, 0.4) is 0 Å². The minimum absolute atomic E-state index is 0.0102. The highest BCUT2D eigenvalue weighted by Gasteiger charge is 2.16. The highest BCUT2D eigenvalue weighted by Crippen LogP contribution is 2.22. The van der Waals surface area contributed by atoms with Gasteiger partial charge in [-0.05, 0) is 36.5 Å². The molecule has 0 fully saturated rings. The number of amides is 1. The van der Waals surface area contributed by atoms with Crippen molar-refractivity contribution in [3.05, 3.63) is 65.2 Å². The molecule has 2 rings (SSSR count). The van der Waals surface area contributed by atoms with Crippen molar-refractivity contribution in [2.45, 2.75) is 33.7 Å². The minimum Gasteiger partial charge on any atom is -0.324 e. The molecule has 122 valence electrons. The van der Waals surface area contributed by atoms with Gasteiger partial charge in [0.2, 0.25) is 5.91 Å². The smallest absolute Gasteiger partial charge is 0.238 e. The summed E-state index contributed by atoms with van der Waals surface area (Å²) in [6.07, 6.45) is 0. The van der Waals surface area contributed by atoms with Gasteiger partial charge in [-0.25, -0.2) is 0 Å². The van der Waals surface area contributed by atoms with Crippen LogP contribution in [0.4, 0.5) is 5.69 Å². The summed E-state index contributed by atoms with van der Waals surface area (Å²) in [6.45, 7) is 8.64. The molecule has 0 aliphatic rings. The van der Waals surface area contributed by atoms with Gasteiger partial charge in [-0.1, -0.05) is 62.4 Å². The van der Waals surface area contributed by atoms with Crippen LogP contribution in [-0.4, -0.2) is 12.5 Å². The molecule has 0 radical (unpaired) electrons. The van der Waals surface area contributed by atoms with Crippen LogP contribution in [0, 0.1) is 19.8 Å². The number of hydrogen-bond acceptors (Lipinski definition) is 2. The van der Waals surface area contributed by atoms with E-state index in [-0.39, 0.29) is 11.9 Å². The van der Waals surface area contributed by atoms with Crippen molar-refractivity contribution in [2.75, 3.05) is 11.9 Å². The summed E-state index contributed by atoms with van der Waals surface area (Å²) >= 11 is 0. The Kier molecular flexibility index (Phi) is 5.94. The van der Waals surface area contributed by atoms with Crippen LogP contribution in [0.2, 0.25) is 0 Å². The lowest BCUT2D eigenvalue weighted by molar-refractivity contribution is -0.115. The van der Waals surface area contributed by atoms with E-state index in [4.69, 9.17) is 0 Å². The van der Waals surface area contributed by atoms with Crippen molar-refractivity contribution in [1.29, 1.82) is 0 Å². The molecule has 3 nitrogen and oxygen atoms in total. The van der Waals surface area contributed by atoms with Gasteiger partial charge in [-0.15, -0.1) is 0 Å². The molecule has 0 aliphatic carbocycles. The summed E-state index contributed by atoms with van der Waals surface area (Å²) in [4.78, 5) is 12.3. The fourth-order valence-corrected chi connectivity index (χ4v) is 2.80. The van der Waals surface area contributed by atoms with Crippen molar-refractivity contribution in [1.82, 2.24) is 5.32 Å². The normalized spacial score (nSPS) is 12.2. The van der Waals surface area contributed by atoms with Crippen LogP contribution in [0.25, 0.3) is 0 Å². The van der Waals surface area contributed by atoms with Crippen molar-refractivity contribution in [3.63, 3.8) is 0 Å². The minimum atomic E-state index is -0.0102. The zero-order chi connectivity index (χ0) is 16.8. The number of anilines is 1. The number of rotatable bonds is 6. The van der Waals surface area contributed by atoms with Gasteiger partial charge >= 0.3 is 0 Å². The van der Waals surface area contributed by atoms with Gasteiger partial charge in [-0.2, -0.15) is 0 Å². The molecular weight excluding hydrogens is 284 g/mol. The first-order chi connectivity index (χ1) is 11.0. The second-order valence-electron chi connectivity index (χ2n) is 6.33. The average Bonchev–Trinajstić information content (AvgIpc) is 2.52. The van der Waals surface area contributed by atoms with E-state index < -0.39 is 0 Å². The first-order valence-electron chi connectivity index (χ1n) is 8.13. The van der Waals surface area contributed by atoms with Gasteiger partial charge in [0, 0.05) is 11.7 Å². The third kappa shape index (κ3) is 4.67. The molecule has 0 unspecified atom stereocenters. The summed E-state index contributed by atoms with van der Waals surface area (Å²) in [6, 6.07) is 16.5. The van der Waals surface area contributed by atoms with Gasteiger partial charge in [0.1, 0.15) is 0 Å². The van der Waals surface area contributed by atoms with E-state index in [2.05, 4.69) is 36.6 Å². The average molecular weight is 310 g/mol. The maximum absolute atomic E-state index is 12.3. The van der Waals surface area contributed by atoms with Crippen LogP contribution in [0.15, 0.2) is 48.5 Å². The van der Waals surface area contributed by atoms with E-state index >= 15 is 0 Å². The number of nitrogens with one attached hydrogen (secondary N) is 2. The van der Waals surface area contributed by atoms with Crippen molar-refractivity contribution < 1.29 is 4.79 Å². The highest BCUT2D eigenvalue weighted by atomic mass is 16.1. The zero-order valence-electron chi connectivity index (χ0n) is 14.4. The number of carbonyl (C=O) groups excluding carboxylic acids is 1. The lowest BCUT2D eigenvalue weighted by Crippen LogP contribution is -2.33. The van der Waals surface area contributed by atoms with Crippen LogP contribution < -0.4 is 10.6 Å². The molecule has 0 aromatic heterocycles. The molecule has 0 aliphatic heterocycles. The molecule has 1 atom stereocenters. The Morgan fingerprint density at radius 2 is 1.57 bits per heavy atom. The second-order valence-corrected chi connectivity index (χ2v) is 6.33. The van der Waals surface area contributed by atoms with Crippen LogP contribution >= 0.6 is 0 Å². The molecule has 2 aromatic rings. The van der Waals surface area contributed by atoms with Crippen molar-refractivity contribution in [2.24, 2.45) is 5.92 Å². The lowest BCUT2D eigenvalue weighted by Gasteiger charge is -2.23. The maximum atomic E-state index is 12.3. The van der Waals surface area contributed by atoms with E-state index in [0.29, 0.717) is 12.5 Å². The summed E-state index contributed by atoms with van der Waals surface area (Å²) in [5, 5.41) is 6.41. The number of aryl methyl sites for hydroxylation is 2. The molecule has 1 amide bonds. The third-order valence-electron chi connectivity index (χ3n) is 4.05. The molecule has 2 N–H and O–H groups in total. The molecule has 0 bridgehead atoms. The Balaban J connectivity index is 2.00. The maximum Gasteiger partial charge on any atom is 0.238 e. The lowest BCUT2D eigenvalue weighted by atomic mass is 9.96. The molecule has 0 heterocycles. The topological polar surface area (TPSA) is 41.1 Å². The van der Waals surface area contributed by atoms with E-state index in [1.54, 1.807) is 0 Å². The Morgan fingerprint density at radius 1 is 0.957 bits per heavy atom. The van der Waals surface area contributed by atoms with Gasteiger partial charge in [-0.3, -0.25) is 4.79 Å². The standard InChI is InChI=1S/C20H26N2O/c1-14(2)19(17-11-6-5-7-12-17)21-13-18(23)22-20-15(3)9-8-10-16(20)4/h5-12,14,19,21H,13H2,1-4H3,(H,22,23)/t19-/m0/s1. The summed E-state index contributed by atoms with van der Waals surface area (Å²) in [5.41, 5.74) is 4.30. The molecule has 2 aromatic carbocycles. The van der Waals surface area contributed by atoms with Crippen LogP contribution in [-0.2, 0) is 4.79 Å². The molecular formula is C20H26N2O. The monoisotopic (exact) mass is 310 g/mol. The fourth-order valence-electron chi connectivity index (χ4n) is 2.80. The fraction of sp³-hybridized carbons (Fsp3) is 0.350. The van der Waals surface area contributed by atoms with Gasteiger partial charge in [0.25, 0.3) is 0 Å². The predicted molar refractivity (Wildman–Crippen MR) is 96.6 cm³/mol. The largest absolute Gasteiger partial charge is 0.324 e. The van der Waals surface area contributed by atoms with Gasteiger partial charge < -0.3 is 10.6 Å². The van der Waals surface area contributed by atoms with Crippen molar-refractivity contribution in [3.8, 4) is 0 Å². The summed E-state index contributed by atoms with van der Waals surface area (Å²) in [5.74, 6) is 0.398. The van der Waals surface area contributed by atoms with Crippen LogP contribution in [0.5, 0.6) is 0 Å². The molecule has 0 spiro atoms. The number of carbonyl (C=O) groups is 1. The zero-order valence-corrected chi connectivity index (χ0v) is 14.4. The SMILES string of the molecule is Cc1cccc(C)c1NC(=O)CN[C@H](c1ccccc1)C(C)C. The van der Waals surface area contributed by atoms with E-state index in [1.807, 2.05) is 50.2 Å². The first kappa shape index (κ1) is 17.2. The quantitative estimate of drug-likeness (QED) is 0.838. The molecule has 0 saturated carbocycles. The number of benzene rings is 2. The Bertz CT molecular complexity index is 630. The Hall–Kier alpha value is -2.13. The van der Waals surface area contributed by atoms with Gasteiger partial charge in [0.15, 0.2) is 0 Å². The summed E-state index contributed by atoms with van der Waals surface area (Å²) in [7, 11) is 0. The Labute approximate surface area is 139 Å². The molecule has 3 heteroatoms. The van der Waals surface area contributed by atoms with E-state index in [1.165, 1.54) is 5.56 Å². The summed E-state index contributed by atoms with van der Waals surface area (Å²) < 4.78 is 0. The van der Waals surface area contributed by atoms with Crippen molar-refractivity contribution >= 4 is 11.6 Å². The highest BCUT2D eigenvalue weighted by molar-refractivity contribution is 5.93. The van der Waals surface area contributed by atoms with Crippen LogP contribution in [0.1, 0.15) is 36.6 Å². The molecule has 23 heavy (non-hydrogen) atoms. The predicted octanol–water partition coefficient (Wildman–Crippen LogP) is 4.23. The third-order valence-corrected chi connectivity index (χ3v) is 4.05. The first-order valence-corrected chi connectivity index (χ1v) is 8.13. The van der Waals surface area contributed by atoms with E-state index in [0.717, 1.165) is 16.8 Å². The van der Waals surface area contributed by atoms with Gasteiger partial charge in [0.05, 0.1) is 6.54 Å². The number of hydrogen-bond donors (Lipinski definition) is 2. The van der Waals surface area contributed by atoms with E-state index in [9.17, 15) is 4.79 Å².